The molecule has 3 N–H and O–H groups in total. The lowest BCUT2D eigenvalue weighted by atomic mass is 10.1. The highest BCUT2D eigenvalue weighted by Gasteiger charge is 2.06. The summed E-state index contributed by atoms with van der Waals surface area (Å²) in [6.45, 7) is 8.49. The first kappa shape index (κ1) is 18.3. The van der Waals surface area contributed by atoms with E-state index in [0.29, 0.717) is 24.3 Å². The van der Waals surface area contributed by atoms with Crippen LogP contribution in [0.3, 0.4) is 0 Å². The average molecular weight is 337 g/mol. The molecule has 2 rings (SSSR count). The third-order valence-corrected chi connectivity index (χ3v) is 3.75. The molecule has 0 fully saturated rings. The fraction of sp³-hybridized carbons (Fsp3) is 0.200. The Morgan fingerprint density at radius 1 is 1.04 bits per heavy atom. The lowest BCUT2D eigenvalue weighted by Crippen LogP contribution is -2.28. The summed E-state index contributed by atoms with van der Waals surface area (Å²) in [6, 6.07) is 12.6. The molecule has 5 heteroatoms. The van der Waals surface area contributed by atoms with Gasteiger partial charge in [0.25, 0.3) is 5.91 Å². The molecule has 2 aromatic rings. The molecule has 5 nitrogen and oxygen atoms in total. The van der Waals surface area contributed by atoms with Crippen molar-refractivity contribution < 1.29 is 9.59 Å². The zero-order valence-corrected chi connectivity index (χ0v) is 14.6. The lowest BCUT2D eigenvalue weighted by molar-refractivity contribution is 0.0958. The number of hydrogen-bond donors (Lipinski definition) is 3. The van der Waals surface area contributed by atoms with Crippen LogP contribution >= 0.6 is 0 Å². The largest absolute Gasteiger partial charge is 0.349 e. The van der Waals surface area contributed by atoms with Crippen molar-refractivity contribution in [3.8, 4) is 0 Å². The number of nitrogens with one attached hydrogen (secondary N) is 3. The van der Waals surface area contributed by atoms with Crippen molar-refractivity contribution in [3.63, 3.8) is 0 Å². The van der Waals surface area contributed by atoms with Crippen LogP contribution in [0.15, 0.2) is 55.1 Å². The van der Waals surface area contributed by atoms with Crippen LogP contribution in [0.25, 0.3) is 0 Å². The Morgan fingerprint density at radius 3 is 2.40 bits per heavy atom. The number of rotatable bonds is 6. The standard InChI is InChI=1S/C20H23N3O2/c1-4-11-21-19(24)16-7-9-18(10-8-16)23-20(25)22-13-17-6-5-14(2)12-15(17)3/h4-10,12H,1,11,13H2,2-3H3,(H,21,24)(H2,22,23,25). The highest BCUT2D eigenvalue weighted by Crippen LogP contribution is 2.11. The molecule has 130 valence electrons. The van der Waals surface area contributed by atoms with Gasteiger partial charge in [0.2, 0.25) is 0 Å². The maximum atomic E-state index is 12.0. The van der Waals surface area contributed by atoms with Gasteiger partial charge in [0.15, 0.2) is 0 Å². The number of anilines is 1. The Morgan fingerprint density at radius 2 is 1.76 bits per heavy atom. The van der Waals surface area contributed by atoms with Gasteiger partial charge < -0.3 is 16.0 Å². The molecule has 0 radical (unpaired) electrons. The molecule has 0 unspecified atom stereocenters. The Bertz CT molecular complexity index is 767. The minimum atomic E-state index is -0.288. The van der Waals surface area contributed by atoms with E-state index in [2.05, 4.69) is 28.6 Å². The second-order valence-corrected chi connectivity index (χ2v) is 5.81. The zero-order chi connectivity index (χ0) is 18.2. The molecule has 0 aromatic heterocycles. The monoisotopic (exact) mass is 337 g/mol. The van der Waals surface area contributed by atoms with Crippen molar-refractivity contribution in [3.05, 3.63) is 77.4 Å². The predicted octanol–water partition coefficient (Wildman–Crippen LogP) is 3.54. The van der Waals surface area contributed by atoms with E-state index < -0.39 is 0 Å². The number of benzene rings is 2. The van der Waals surface area contributed by atoms with Gasteiger partial charge in [0.05, 0.1) is 0 Å². The molecule has 0 aliphatic heterocycles. The summed E-state index contributed by atoms with van der Waals surface area (Å²) in [5, 5.41) is 8.29. The van der Waals surface area contributed by atoms with Gasteiger partial charge in [0, 0.05) is 24.3 Å². The Balaban J connectivity index is 1.87. The molecule has 0 saturated heterocycles. The first-order valence-corrected chi connectivity index (χ1v) is 8.09. The van der Waals surface area contributed by atoms with Gasteiger partial charge >= 0.3 is 6.03 Å². The highest BCUT2D eigenvalue weighted by molar-refractivity contribution is 5.95. The highest BCUT2D eigenvalue weighted by atomic mass is 16.2. The summed E-state index contributed by atoms with van der Waals surface area (Å²) < 4.78 is 0. The summed E-state index contributed by atoms with van der Waals surface area (Å²) in [4.78, 5) is 23.8. The number of hydrogen-bond acceptors (Lipinski definition) is 2. The van der Waals surface area contributed by atoms with E-state index in [4.69, 9.17) is 0 Å². The van der Waals surface area contributed by atoms with Gasteiger partial charge in [-0.25, -0.2) is 4.79 Å². The van der Waals surface area contributed by atoms with Gasteiger partial charge in [-0.1, -0.05) is 29.8 Å². The molecule has 0 heterocycles. The summed E-state index contributed by atoms with van der Waals surface area (Å²) in [7, 11) is 0. The van der Waals surface area contributed by atoms with Crippen LogP contribution in [0.2, 0.25) is 0 Å². The number of amides is 3. The van der Waals surface area contributed by atoms with Crippen molar-refractivity contribution in [2.24, 2.45) is 0 Å². The van der Waals surface area contributed by atoms with Gasteiger partial charge in [-0.3, -0.25) is 4.79 Å². The molecular weight excluding hydrogens is 314 g/mol. The quantitative estimate of drug-likeness (QED) is 0.706. The maximum Gasteiger partial charge on any atom is 0.319 e. The summed E-state index contributed by atoms with van der Waals surface area (Å²) in [5.41, 5.74) is 4.58. The summed E-state index contributed by atoms with van der Waals surface area (Å²) >= 11 is 0. The van der Waals surface area contributed by atoms with E-state index >= 15 is 0 Å². The molecule has 0 aliphatic carbocycles. The number of carbonyl (C=O) groups is 2. The maximum absolute atomic E-state index is 12.0. The van der Waals surface area contributed by atoms with Gasteiger partial charge in [-0.2, -0.15) is 0 Å². The number of carbonyl (C=O) groups excluding carboxylic acids is 2. The Kier molecular flexibility index (Phi) is 6.34. The molecule has 0 aliphatic rings. The zero-order valence-electron chi connectivity index (χ0n) is 14.6. The smallest absolute Gasteiger partial charge is 0.319 e. The van der Waals surface area contributed by atoms with Gasteiger partial charge in [-0.05, 0) is 49.2 Å². The van der Waals surface area contributed by atoms with E-state index in [9.17, 15) is 9.59 Å². The fourth-order valence-electron chi connectivity index (χ4n) is 2.37. The number of aryl methyl sites for hydroxylation is 2. The third-order valence-electron chi connectivity index (χ3n) is 3.75. The molecular formula is C20H23N3O2. The van der Waals surface area contributed by atoms with Crippen LogP contribution in [0, 0.1) is 13.8 Å². The van der Waals surface area contributed by atoms with E-state index in [1.165, 1.54) is 5.56 Å². The summed E-state index contributed by atoms with van der Waals surface area (Å²) in [5.74, 6) is -0.175. The number of urea groups is 1. The van der Waals surface area contributed by atoms with Crippen molar-refractivity contribution in [1.29, 1.82) is 0 Å². The SMILES string of the molecule is C=CCNC(=O)c1ccc(NC(=O)NCc2ccc(C)cc2C)cc1. The van der Waals surface area contributed by atoms with Crippen LogP contribution in [0.4, 0.5) is 10.5 Å². The minimum absolute atomic E-state index is 0.175. The van der Waals surface area contributed by atoms with Crippen molar-refractivity contribution >= 4 is 17.6 Å². The molecule has 0 spiro atoms. The first-order valence-electron chi connectivity index (χ1n) is 8.09. The van der Waals surface area contributed by atoms with Crippen molar-refractivity contribution in [2.45, 2.75) is 20.4 Å². The normalized spacial score (nSPS) is 10.0. The van der Waals surface area contributed by atoms with E-state index in [1.807, 2.05) is 26.0 Å². The van der Waals surface area contributed by atoms with Crippen molar-refractivity contribution in [2.75, 3.05) is 11.9 Å². The molecule has 0 saturated carbocycles. The molecule has 0 bridgehead atoms. The fourth-order valence-corrected chi connectivity index (χ4v) is 2.37. The van der Waals surface area contributed by atoms with Crippen molar-refractivity contribution in [1.82, 2.24) is 10.6 Å². The second-order valence-electron chi connectivity index (χ2n) is 5.81. The van der Waals surface area contributed by atoms with Crippen LogP contribution in [-0.4, -0.2) is 18.5 Å². The van der Waals surface area contributed by atoms with E-state index in [-0.39, 0.29) is 11.9 Å². The lowest BCUT2D eigenvalue weighted by Gasteiger charge is -2.10. The van der Waals surface area contributed by atoms with Crippen LogP contribution in [0.5, 0.6) is 0 Å². The third kappa shape index (κ3) is 5.49. The van der Waals surface area contributed by atoms with Gasteiger partial charge in [-0.15, -0.1) is 6.58 Å². The second kappa shape index (κ2) is 8.68. The Labute approximate surface area is 148 Å². The Hall–Kier alpha value is -3.08. The topological polar surface area (TPSA) is 70.2 Å². The molecule has 0 atom stereocenters. The molecule has 2 aromatic carbocycles. The molecule has 3 amide bonds. The molecule has 25 heavy (non-hydrogen) atoms. The predicted molar refractivity (Wildman–Crippen MR) is 101 cm³/mol. The van der Waals surface area contributed by atoms with Crippen LogP contribution in [0.1, 0.15) is 27.0 Å². The van der Waals surface area contributed by atoms with Gasteiger partial charge in [0.1, 0.15) is 0 Å². The van der Waals surface area contributed by atoms with E-state index in [0.717, 1.165) is 11.1 Å². The van der Waals surface area contributed by atoms with E-state index in [1.54, 1.807) is 30.3 Å². The summed E-state index contributed by atoms with van der Waals surface area (Å²) in [6.07, 6.45) is 1.62. The van der Waals surface area contributed by atoms with Crippen LogP contribution < -0.4 is 16.0 Å². The average Bonchev–Trinajstić information content (AvgIpc) is 2.59. The van der Waals surface area contributed by atoms with Crippen LogP contribution in [-0.2, 0) is 6.54 Å². The minimum Gasteiger partial charge on any atom is -0.349 e. The first-order chi connectivity index (χ1) is 12.0.